The molecule has 0 saturated carbocycles. The van der Waals surface area contributed by atoms with Crippen LogP contribution in [0.1, 0.15) is 16.7 Å². The lowest BCUT2D eigenvalue weighted by molar-refractivity contribution is 0.122. The van der Waals surface area contributed by atoms with Crippen LogP contribution in [0.25, 0.3) is 0 Å². The van der Waals surface area contributed by atoms with Crippen molar-refractivity contribution in [3.05, 3.63) is 95.0 Å². The van der Waals surface area contributed by atoms with Crippen molar-refractivity contribution in [1.29, 1.82) is 0 Å². The predicted molar refractivity (Wildman–Crippen MR) is 139 cm³/mol. The topological polar surface area (TPSA) is 43.3 Å². The molecule has 1 saturated heterocycles. The van der Waals surface area contributed by atoms with Gasteiger partial charge in [-0.05, 0) is 66.1 Å². The van der Waals surface area contributed by atoms with Crippen molar-refractivity contribution in [2.75, 3.05) is 38.3 Å². The van der Waals surface area contributed by atoms with Gasteiger partial charge in [-0.2, -0.15) is 0 Å². The Hall–Kier alpha value is -3.28. The third kappa shape index (κ3) is 6.19. The van der Waals surface area contributed by atoms with Gasteiger partial charge < -0.3 is 19.1 Å². The fourth-order valence-electron chi connectivity index (χ4n) is 3.84. The number of morpholine rings is 1. The molecule has 176 valence electrons. The lowest BCUT2D eigenvalue weighted by atomic mass is 10.1. The first-order chi connectivity index (χ1) is 16.7. The second-order valence-electron chi connectivity index (χ2n) is 7.99. The van der Waals surface area contributed by atoms with Gasteiger partial charge in [-0.3, -0.25) is 4.99 Å². The fourth-order valence-corrected chi connectivity index (χ4v) is 3.96. The van der Waals surface area contributed by atoms with E-state index in [2.05, 4.69) is 34.7 Å². The monoisotopic (exact) mass is 476 g/mol. The van der Waals surface area contributed by atoms with E-state index in [9.17, 15) is 0 Å². The number of allylic oxidation sites excluding steroid dienone is 1. The van der Waals surface area contributed by atoms with Gasteiger partial charge in [-0.1, -0.05) is 29.8 Å². The van der Waals surface area contributed by atoms with Crippen molar-refractivity contribution in [3.63, 3.8) is 0 Å². The molecule has 0 bridgehead atoms. The van der Waals surface area contributed by atoms with Gasteiger partial charge in [0, 0.05) is 35.6 Å². The van der Waals surface area contributed by atoms with E-state index in [-0.39, 0.29) is 0 Å². The third-order valence-corrected chi connectivity index (χ3v) is 5.88. The molecule has 3 aromatic rings. The summed E-state index contributed by atoms with van der Waals surface area (Å²) in [4.78, 5) is 6.99. The smallest absolute Gasteiger partial charge is 0.165 e. The van der Waals surface area contributed by atoms with Gasteiger partial charge in [0.25, 0.3) is 0 Å². The van der Waals surface area contributed by atoms with Crippen LogP contribution in [-0.4, -0.2) is 39.6 Å². The highest BCUT2D eigenvalue weighted by atomic mass is 35.5. The van der Waals surface area contributed by atoms with Crippen LogP contribution in [0.5, 0.6) is 11.5 Å². The molecule has 0 spiro atoms. The molecule has 1 fully saturated rings. The summed E-state index contributed by atoms with van der Waals surface area (Å²) in [7, 11) is 1.65. The summed E-state index contributed by atoms with van der Waals surface area (Å²) in [5.74, 6) is 1.38. The highest BCUT2D eigenvalue weighted by Crippen LogP contribution is 2.34. The SMILES string of the molecule is C=CCc1cc(C=Nc2ccc(N3CCOCC3)cc2)cc(OC)c1OCc1ccc(Cl)cc1. The second-order valence-corrected chi connectivity index (χ2v) is 8.43. The van der Waals surface area contributed by atoms with Crippen molar-refractivity contribution in [3.8, 4) is 11.5 Å². The Morgan fingerprint density at radius 2 is 1.79 bits per heavy atom. The molecule has 3 aromatic carbocycles. The van der Waals surface area contributed by atoms with Gasteiger partial charge in [-0.25, -0.2) is 0 Å². The van der Waals surface area contributed by atoms with Gasteiger partial charge in [0.15, 0.2) is 11.5 Å². The quantitative estimate of drug-likeness (QED) is 0.270. The van der Waals surface area contributed by atoms with Crippen LogP contribution in [0.2, 0.25) is 5.02 Å². The first kappa shape index (κ1) is 23.9. The molecular weight excluding hydrogens is 448 g/mol. The molecular formula is C28H29ClN2O3. The number of ether oxygens (including phenoxy) is 3. The number of benzene rings is 3. The molecule has 0 aromatic heterocycles. The number of rotatable bonds is 9. The molecule has 4 rings (SSSR count). The molecule has 0 radical (unpaired) electrons. The average molecular weight is 477 g/mol. The lowest BCUT2D eigenvalue weighted by Crippen LogP contribution is -2.36. The summed E-state index contributed by atoms with van der Waals surface area (Å²) < 4.78 is 17.2. The van der Waals surface area contributed by atoms with Crippen LogP contribution >= 0.6 is 11.6 Å². The molecule has 0 aliphatic carbocycles. The molecule has 0 amide bonds. The zero-order valence-corrected chi connectivity index (χ0v) is 20.1. The number of methoxy groups -OCH3 is 1. The fraction of sp³-hybridized carbons (Fsp3) is 0.250. The number of hydrogen-bond donors (Lipinski definition) is 0. The van der Waals surface area contributed by atoms with Gasteiger partial charge in [-0.15, -0.1) is 6.58 Å². The van der Waals surface area contributed by atoms with Crippen molar-refractivity contribution in [2.45, 2.75) is 13.0 Å². The van der Waals surface area contributed by atoms with E-state index in [1.54, 1.807) is 7.11 Å². The van der Waals surface area contributed by atoms with Crippen molar-refractivity contribution in [1.82, 2.24) is 0 Å². The molecule has 5 nitrogen and oxygen atoms in total. The van der Waals surface area contributed by atoms with Gasteiger partial charge in [0.1, 0.15) is 6.61 Å². The van der Waals surface area contributed by atoms with E-state index in [0.29, 0.717) is 29.5 Å². The minimum Gasteiger partial charge on any atom is -0.493 e. The first-order valence-corrected chi connectivity index (χ1v) is 11.7. The molecule has 1 aliphatic heterocycles. The summed E-state index contributed by atoms with van der Waals surface area (Å²) in [5.41, 5.74) is 5.04. The second kappa shape index (κ2) is 11.7. The third-order valence-electron chi connectivity index (χ3n) is 5.62. The van der Waals surface area contributed by atoms with Crippen molar-refractivity contribution in [2.24, 2.45) is 4.99 Å². The predicted octanol–water partition coefficient (Wildman–Crippen LogP) is 6.24. The average Bonchev–Trinajstić information content (AvgIpc) is 2.88. The van der Waals surface area contributed by atoms with E-state index >= 15 is 0 Å². The van der Waals surface area contributed by atoms with Crippen LogP contribution in [0.3, 0.4) is 0 Å². The first-order valence-electron chi connectivity index (χ1n) is 11.3. The van der Waals surface area contributed by atoms with Crippen molar-refractivity contribution >= 4 is 29.2 Å². The van der Waals surface area contributed by atoms with Crippen LogP contribution in [0.15, 0.2) is 78.3 Å². The Labute approximate surface area is 206 Å². The maximum Gasteiger partial charge on any atom is 0.165 e. The summed E-state index contributed by atoms with van der Waals surface area (Å²) >= 11 is 5.99. The Morgan fingerprint density at radius 3 is 2.47 bits per heavy atom. The number of aliphatic imine (C=N–C) groups is 1. The number of hydrogen-bond acceptors (Lipinski definition) is 5. The van der Waals surface area contributed by atoms with E-state index < -0.39 is 0 Å². The molecule has 1 aliphatic rings. The number of halogens is 1. The maximum absolute atomic E-state index is 6.15. The Morgan fingerprint density at radius 1 is 1.06 bits per heavy atom. The zero-order valence-electron chi connectivity index (χ0n) is 19.4. The van der Waals surface area contributed by atoms with Crippen molar-refractivity contribution < 1.29 is 14.2 Å². The molecule has 0 N–H and O–H groups in total. The Kier molecular flexibility index (Phi) is 8.23. The van der Waals surface area contributed by atoms with Gasteiger partial charge >= 0.3 is 0 Å². The van der Waals surface area contributed by atoms with E-state index in [1.807, 2.05) is 54.8 Å². The summed E-state index contributed by atoms with van der Waals surface area (Å²) in [5, 5.41) is 0.702. The van der Waals surface area contributed by atoms with Crippen LogP contribution in [0.4, 0.5) is 11.4 Å². The van der Waals surface area contributed by atoms with E-state index in [0.717, 1.165) is 48.7 Å². The van der Waals surface area contributed by atoms with E-state index in [1.165, 1.54) is 5.69 Å². The molecule has 0 atom stereocenters. The number of nitrogens with zero attached hydrogens (tertiary/aromatic N) is 2. The standard InChI is InChI=1S/C28H29ClN2O3/c1-3-4-23-17-22(18-27(32-2)28(23)34-20-21-5-7-24(29)8-6-21)19-30-25-9-11-26(12-10-25)31-13-15-33-16-14-31/h3,5-12,17-19H,1,4,13-16,20H2,2H3. The van der Waals surface area contributed by atoms with Crippen LogP contribution < -0.4 is 14.4 Å². The molecule has 0 unspecified atom stereocenters. The normalized spacial score (nSPS) is 13.8. The van der Waals surface area contributed by atoms with Crippen LogP contribution in [-0.2, 0) is 17.8 Å². The molecule has 6 heteroatoms. The highest BCUT2D eigenvalue weighted by Gasteiger charge is 2.13. The maximum atomic E-state index is 6.15. The molecule has 1 heterocycles. The zero-order chi connectivity index (χ0) is 23.8. The largest absolute Gasteiger partial charge is 0.493 e. The van der Waals surface area contributed by atoms with Gasteiger partial charge in [0.2, 0.25) is 0 Å². The Bertz CT molecular complexity index is 1120. The lowest BCUT2D eigenvalue weighted by Gasteiger charge is -2.28. The summed E-state index contributed by atoms with van der Waals surface area (Å²) in [6.45, 7) is 7.69. The molecule has 34 heavy (non-hydrogen) atoms. The van der Waals surface area contributed by atoms with E-state index in [4.69, 9.17) is 25.8 Å². The summed E-state index contributed by atoms with van der Waals surface area (Å²) in [6, 6.07) is 19.9. The number of anilines is 1. The van der Waals surface area contributed by atoms with Gasteiger partial charge in [0.05, 0.1) is 26.0 Å². The Balaban J connectivity index is 1.51. The van der Waals surface area contributed by atoms with Crippen LogP contribution in [0, 0.1) is 0 Å². The minimum absolute atomic E-state index is 0.417. The minimum atomic E-state index is 0.417. The summed E-state index contributed by atoms with van der Waals surface area (Å²) in [6.07, 6.45) is 4.36. The highest BCUT2D eigenvalue weighted by molar-refractivity contribution is 6.30.